The minimum atomic E-state index is -0.404. The fourth-order valence-corrected chi connectivity index (χ4v) is 4.72. The highest BCUT2D eigenvalue weighted by atomic mass is 35.5. The lowest BCUT2D eigenvalue weighted by atomic mass is 10.2. The summed E-state index contributed by atoms with van der Waals surface area (Å²) in [5.41, 5.74) is 1.95. The number of ether oxygens (including phenoxy) is 1. The molecular formula is C24H15Cl3FNO3S. The van der Waals surface area contributed by atoms with E-state index in [0.29, 0.717) is 16.1 Å². The zero-order chi connectivity index (χ0) is 23.5. The first kappa shape index (κ1) is 23.6. The number of carbonyl (C=O) groups excluding carboxylic acids is 2. The second-order valence-electron chi connectivity index (χ2n) is 7.13. The summed E-state index contributed by atoms with van der Waals surface area (Å²) in [6.07, 6.45) is 1.56. The minimum absolute atomic E-state index is 0.0835. The summed E-state index contributed by atoms with van der Waals surface area (Å²) in [6, 6.07) is 16.1. The maximum absolute atomic E-state index is 13.3. The molecule has 9 heteroatoms. The molecule has 4 rings (SSSR count). The van der Waals surface area contributed by atoms with Crippen molar-refractivity contribution in [2.24, 2.45) is 0 Å². The lowest BCUT2D eigenvalue weighted by Crippen LogP contribution is -2.27. The second kappa shape index (κ2) is 10.2. The Hall–Kier alpha value is -2.51. The summed E-state index contributed by atoms with van der Waals surface area (Å²) in [5.74, 6) is -0.525. The molecule has 1 saturated heterocycles. The summed E-state index contributed by atoms with van der Waals surface area (Å²) in [4.78, 5) is 26.6. The van der Waals surface area contributed by atoms with Crippen LogP contribution in [0.4, 0.5) is 9.18 Å². The molecule has 3 aromatic rings. The largest absolute Gasteiger partial charge is 0.486 e. The minimum Gasteiger partial charge on any atom is -0.486 e. The molecule has 0 bridgehead atoms. The molecule has 0 radical (unpaired) electrons. The van der Waals surface area contributed by atoms with Crippen molar-refractivity contribution in [2.45, 2.75) is 13.2 Å². The zero-order valence-corrected chi connectivity index (χ0v) is 19.9. The Kier molecular flexibility index (Phi) is 7.29. The van der Waals surface area contributed by atoms with Gasteiger partial charge in [-0.1, -0.05) is 59.1 Å². The van der Waals surface area contributed by atoms with Crippen molar-refractivity contribution < 1.29 is 18.7 Å². The molecule has 2 amide bonds. The Bertz CT molecular complexity index is 1240. The number of nitrogens with zero attached hydrogens (tertiary/aromatic N) is 1. The van der Waals surface area contributed by atoms with E-state index in [9.17, 15) is 14.0 Å². The molecule has 168 valence electrons. The van der Waals surface area contributed by atoms with Crippen LogP contribution in [0, 0.1) is 5.82 Å². The van der Waals surface area contributed by atoms with Crippen LogP contribution in [-0.4, -0.2) is 16.0 Å². The van der Waals surface area contributed by atoms with Crippen LogP contribution in [-0.2, 0) is 17.9 Å². The highest BCUT2D eigenvalue weighted by Crippen LogP contribution is 2.38. The van der Waals surface area contributed by atoms with Crippen LogP contribution in [0.1, 0.15) is 16.7 Å². The molecule has 0 unspecified atom stereocenters. The van der Waals surface area contributed by atoms with Crippen LogP contribution < -0.4 is 4.74 Å². The van der Waals surface area contributed by atoms with Gasteiger partial charge in [0.25, 0.3) is 11.1 Å². The number of carbonyl (C=O) groups is 2. The van der Waals surface area contributed by atoms with Crippen molar-refractivity contribution >= 4 is 63.8 Å². The van der Waals surface area contributed by atoms with Gasteiger partial charge < -0.3 is 4.74 Å². The number of hydrogen-bond acceptors (Lipinski definition) is 4. The van der Waals surface area contributed by atoms with E-state index in [1.807, 2.05) is 0 Å². The molecule has 0 spiro atoms. The topological polar surface area (TPSA) is 46.6 Å². The molecule has 1 aliphatic heterocycles. The molecular weight excluding hydrogens is 508 g/mol. The lowest BCUT2D eigenvalue weighted by Gasteiger charge is -2.12. The standard InChI is InChI=1S/C24H15Cl3FNO3S/c25-17-6-4-14(5-7-17)12-29-23(30)21(33-24(29)31)11-16-9-19(26)22(20(27)10-16)32-13-15-2-1-3-18(28)8-15/h1-11H,12-13H2/b21-11-. The third-order valence-corrected chi connectivity index (χ3v) is 6.44. The number of hydrogen-bond donors (Lipinski definition) is 0. The zero-order valence-electron chi connectivity index (χ0n) is 16.9. The van der Waals surface area contributed by atoms with Gasteiger partial charge in [-0.25, -0.2) is 4.39 Å². The molecule has 1 fully saturated rings. The Morgan fingerprint density at radius 1 is 0.939 bits per heavy atom. The summed E-state index contributed by atoms with van der Waals surface area (Å²) in [6.45, 7) is 0.230. The average Bonchev–Trinajstić information content (AvgIpc) is 3.02. The smallest absolute Gasteiger partial charge is 0.293 e. The van der Waals surface area contributed by atoms with Crippen molar-refractivity contribution in [1.82, 2.24) is 4.90 Å². The fourth-order valence-electron chi connectivity index (χ4n) is 3.14. The Morgan fingerprint density at radius 3 is 2.30 bits per heavy atom. The predicted octanol–water partition coefficient (Wildman–Crippen LogP) is 7.60. The van der Waals surface area contributed by atoms with Crippen molar-refractivity contribution in [3.05, 3.63) is 103 Å². The number of imide groups is 1. The summed E-state index contributed by atoms with van der Waals surface area (Å²) in [5, 5.41) is 0.662. The maximum atomic E-state index is 13.3. The van der Waals surface area contributed by atoms with Gasteiger partial charge in [-0.2, -0.15) is 0 Å². The Labute approximate surface area is 208 Å². The summed E-state index contributed by atoms with van der Waals surface area (Å²) >= 11 is 19.4. The number of thioether (sulfide) groups is 1. The highest BCUT2D eigenvalue weighted by Gasteiger charge is 2.35. The summed E-state index contributed by atoms with van der Waals surface area (Å²) < 4.78 is 19.0. The molecule has 4 nitrogen and oxygen atoms in total. The average molecular weight is 523 g/mol. The van der Waals surface area contributed by atoms with Crippen LogP contribution in [0.25, 0.3) is 6.08 Å². The van der Waals surface area contributed by atoms with Gasteiger partial charge >= 0.3 is 0 Å². The van der Waals surface area contributed by atoms with Crippen LogP contribution in [0.15, 0.2) is 65.6 Å². The van der Waals surface area contributed by atoms with Crippen molar-refractivity contribution in [3.63, 3.8) is 0 Å². The number of benzene rings is 3. The molecule has 0 aliphatic carbocycles. The second-order valence-corrected chi connectivity index (χ2v) is 9.37. The van der Waals surface area contributed by atoms with E-state index >= 15 is 0 Å². The van der Waals surface area contributed by atoms with E-state index in [0.717, 1.165) is 17.3 Å². The van der Waals surface area contributed by atoms with Crippen molar-refractivity contribution in [2.75, 3.05) is 0 Å². The first-order chi connectivity index (χ1) is 15.8. The maximum Gasteiger partial charge on any atom is 0.293 e. The third-order valence-electron chi connectivity index (χ3n) is 4.72. The first-order valence-corrected chi connectivity index (χ1v) is 11.6. The van der Waals surface area contributed by atoms with Gasteiger partial charge in [0.1, 0.15) is 12.4 Å². The van der Waals surface area contributed by atoms with Gasteiger partial charge in [0.2, 0.25) is 0 Å². The quantitative estimate of drug-likeness (QED) is 0.313. The van der Waals surface area contributed by atoms with E-state index in [1.54, 1.807) is 54.6 Å². The Morgan fingerprint density at radius 2 is 1.64 bits per heavy atom. The van der Waals surface area contributed by atoms with Crippen LogP contribution in [0.3, 0.4) is 0 Å². The molecule has 0 atom stereocenters. The molecule has 33 heavy (non-hydrogen) atoms. The van der Waals surface area contributed by atoms with E-state index in [2.05, 4.69) is 0 Å². The lowest BCUT2D eigenvalue weighted by molar-refractivity contribution is -0.123. The predicted molar refractivity (Wildman–Crippen MR) is 130 cm³/mol. The van der Waals surface area contributed by atoms with E-state index in [4.69, 9.17) is 39.5 Å². The van der Waals surface area contributed by atoms with Crippen LogP contribution in [0.2, 0.25) is 15.1 Å². The first-order valence-electron chi connectivity index (χ1n) is 9.66. The van der Waals surface area contributed by atoms with E-state index in [-0.39, 0.29) is 44.9 Å². The van der Waals surface area contributed by atoms with Gasteiger partial charge in [-0.15, -0.1) is 0 Å². The molecule has 0 saturated carbocycles. The number of halogens is 4. The number of amides is 2. The molecule has 0 N–H and O–H groups in total. The SMILES string of the molecule is O=C1S/C(=C\c2cc(Cl)c(OCc3cccc(F)c3)c(Cl)c2)C(=O)N1Cc1ccc(Cl)cc1. The van der Waals surface area contributed by atoms with Crippen molar-refractivity contribution in [3.8, 4) is 5.75 Å². The summed E-state index contributed by atoms with van der Waals surface area (Å²) in [7, 11) is 0. The van der Waals surface area contributed by atoms with Gasteiger partial charge in [0.15, 0.2) is 5.75 Å². The van der Waals surface area contributed by atoms with Gasteiger partial charge in [-0.05, 0) is 70.9 Å². The van der Waals surface area contributed by atoms with E-state index < -0.39 is 5.91 Å². The Balaban J connectivity index is 1.49. The molecule has 0 aromatic heterocycles. The fraction of sp³-hybridized carbons (Fsp3) is 0.0833. The molecule has 1 aliphatic rings. The third kappa shape index (κ3) is 5.71. The highest BCUT2D eigenvalue weighted by molar-refractivity contribution is 8.18. The normalized spacial score (nSPS) is 14.9. The monoisotopic (exact) mass is 521 g/mol. The van der Waals surface area contributed by atoms with Crippen LogP contribution >= 0.6 is 46.6 Å². The van der Waals surface area contributed by atoms with Gasteiger partial charge in [0, 0.05) is 5.02 Å². The van der Waals surface area contributed by atoms with Crippen LogP contribution in [0.5, 0.6) is 5.75 Å². The number of rotatable bonds is 6. The molecule has 3 aromatic carbocycles. The van der Waals surface area contributed by atoms with E-state index in [1.165, 1.54) is 17.0 Å². The molecule has 1 heterocycles. The van der Waals surface area contributed by atoms with Gasteiger partial charge in [0.05, 0.1) is 21.5 Å². The van der Waals surface area contributed by atoms with Gasteiger partial charge in [-0.3, -0.25) is 14.5 Å². The van der Waals surface area contributed by atoms with Crippen molar-refractivity contribution in [1.29, 1.82) is 0 Å².